The van der Waals surface area contributed by atoms with Crippen LogP contribution in [0.4, 0.5) is 0 Å². The fourth-order valence-electron chi connectivity index (χ4n) is 2.44. The fourth-order valence-corrected chi connectivity index (χ4v) is 2.44. The van der Waals surface area contributed by atoms with E-state index in [-0.39, 0.29) is 6.61 Å². The van der Waals surface area contributed by atoms with Gasteiger partial charge in [-0.2, -0.15) is 0 Å². The molecule has 15 heavy (non-hydrogen) atoms. The van der Waals surface area contributed by atoms with Gasteiger partial charge in [0.2, 0.25) is 0 Å². The van der Waals surface area contributed by atoms with Crippen LogP contribution in [-0.2, 0) is 0 Å². The van der Waals surface area contributed by atoms with Crippen LogP contribution in [0.1, 0.15) is 39.5 Å². The molecule has 1 aliphatic rings. The lowest BCUT2D eigenvalue weighted by Gasteiger charge is -2.31. The number of rotatable bonds is 6. The van der Waals surface area contributed by atoms with Crippen molar-refractivity contribution >= 4 is 0 Å². The highest BCUT2D eigenvalue weighted by atomic mass is 16.3. The Morgan fingerprint density at radius 1 is 1.20 bits per heavy atom. The fraction of sp³-hybridized carbons (Fsp3) is 1.00. The first kappa shape index (κ1) is 12.9. The van der Waals surface area contributed by atoms with Gasteiger partial charge in [0.05, 0.1) is 12.7 Å². The maximum absolute atomic E-state index is 9.51. The summed E-state index contributed by atoms with van der Waals surface area (Å²) in [5.41, 5.74) is 0. The van der Waals surface area contributed by atoms with Crippen LogP contribution in [-0.4, -0.2) is 47.0 Å². The van der Waals surface area contributed by atoms with Crippen LogP contribution in [0, 0.1) is 5.92 Å². The second-order valence-corrected chi connectivity index (χ2v) is 5.12. The van der Waals surface area contributed by atoms with E-state index in [9.17, 15) is 5.11 Å². The molecular weight excluding hydrogens is 190 g/mol. The third-order valence-corrected chi connectivity index (χ3v) is 3.10. The van der Waals surface area contributed by atoms with Gasteiger partial charge in [0.25, 0.3) is 0 Å². The van der Waals surface area contributed by atoms with Crippen LogP contribution in [0.2, 0.25) is 0 Å². The summed E-state index contributed by atoms with van der Waals surface area (Å²) in [5, 5.41) is 18.4. The second-order valence-electron chi connectivity index (χ2n) is 5.12. The maximum Gasteiger partial charge on any atom is 0.0897 e. The monoisotopic (exact) mass is 215 g/mol. The van der Waals surface area contributed by atoms with E-state index in [1.54, 1.807) is 0 Å². The Bertz CT molecular complexity index is 167. The Kier molecular flexibility index (Phi) is 5.58. The number of aliphatic hydroxyl groups excluding tert-OH is 2. The molecule has 0 radical (unpaired) electrons. The Balaban J connectivity index is 2.43. The van der Waals surface area contributed by atoms with Gasteiger partial charge in [0.15, 0.2) is 0 Å². The quantitative estimate of drug-likeness (QED) is 0.700. The number of hydrogen-bond acceptors (Lipinski definition) is 3. The van der Waals surface area contributed by atoms with Crippen LogP contribution < -0.4 is 0 Å². The van der Waals surface area contributed by atoms with Crippen LogP contribution in [0.15, 0.2) is 0 Å². The molecule has 0 spiro atoms. The standard InChI is InChI=1S/C12H25NO2/c1-10(2)7-13(8-12(15)9-14)11-5-3-4-6-11/h10-12,14-15H,3-9H2,1-2H3. The summed E-state index contributed by atoms with van der Waals surface area (Å²) in [4.78, 5) is 2.36. The van der Waals surface area contributed by atoms with Gasteiger partial charge in [-0.25, -0.2) is 0 Å². The summed E-state index contributed by atoms with van der Waals surface area (Å²) in [5.74, 6) is 0.622. The van der Waals surface area contributed by atoms with E-state index >= 15 is 0 Å². The van der Waals surface area contributed by atoms with Gasteiger partial charge in [-0.05, 0) is 18.8 Å². The molecule has 0 heterocycles. The third kappa shape index (κ3) is 4.49. The van der Waals surface area contributed by atoms with E-state index in [0.29, 0.717) is 18.5 Å². The Morgan fingerprint density at radius 2 is 1.80 bits per heavy atom. The molecule has 2 N–H and O–H groups in total. The van der Waals surface area contributed by atoms with Gasteiger partial charge in [-0.15, -0.1) is 0 Å². The molecular formula is C12H25NO2. The molecule has 1 rings (SSSR count). The Morgan fingerprint density at radius 3 is 2.27 bits per heavy atom. The number of nitrogens with zero attached hydrogens (tertiary/aromatic N) is 1. The Labute approximate surface area is 93.1 Å². The first-order valence-electron chi connectivity index (χ1n) is 6.16. The van der Waals surface area contributed by atoms with Crippen molar-refractivity contribution in [1.29, 1.82) is 0 Å². The summed E-state index contributed by atoms with van der Waals surface area (Å²) in [6.45, 7) is 5.93. The van der Waals surface area contributed by atoms with Gasteiger partial charge in [-0.1, -0.05) is 26.7 Å². The lowest BCUT2D eigenvalue weighted by molar-refractivity contribution is 0.0405. The third-order valence-electron chi connectivity index (χ3n) is 3.10. The average Bonchev–Trinajstić information content (AvgIpc) is 2.68. The molecule has 90 valence electrons. The highest BCUT2D eigenvalue weighted by molar-refractivity contribution is 4.79. The predicted molar refractivity (Wildman–Crippen MR) is 61.8 cm³/mol. The summed E-state index contributed by atoms with van der Waals surface area (Å²) < 4.78 is 0. The predicted octanol–water partition coefficient (Wildman–Crippen LogP) is 1.24. The van der Waals surface area contributed by atoms with E-state index in [4.69, 9.17) is 5.11 Å². The number of aliphatic hydroxyl groups is 2. The molecule has 0 aromatic carbocycles. The molecule has 1 saturated carbocycles. The topological polar surface area (TPSA) is 43.7 Å². The van der Waals surface area contributed by atoms with Gasteiger partial charge < -0.3 is 10.2 Å². The van der Waals surface area contributed by atoms with Gasteiger partial charge >= 0.3 is 0 Å². The summed E-state index contributed by atoms with van der Waals surface area (Å²) >= 11 is 0. The highest BCUT2D eigenvalue weighted by Crippen LogP contribution is 2.24. The minimum absolute atomic E-state index is 0.124. The molecule has 1 unspecified atom stereocenters. The Hall–Kier alpha value is -0.120. The van der Waals surface area contributed by atoms with Gasteiger partial charge in [0, 0.05) is 19.1 Å². The van der Waals surface area contributed by atoms with E-state index < -0.39 is 6.10 Å². The van der Waals surface area contributed by atoms with Crippen LogP contribution in [0.5, 0.6) is 0 Å². The molecule has 0 aromatic rings. The van der Waals surface area contributed by atoms with Gasteiger partial charge in [-0.3, -0.25) is 4.90 Å². The molecule has 0 bridgehead atoms. The van der Waals surface area contributed by atoms with Gasteiger partial charge in [0.1, 0.15) is 0 Å². The molecule has 0 aliphatic heterocycles. The van der Waals surface area contributed by atoms with Crippen LogP contribution in [0.3, 0.4) is 0 Å². The van der Waals surface area contributed by atoms with Crippen molar-refractivity contribution in [3.63, 3.8) is 0 Å². The molecule has 1 atom stereocenters. The lowest BCUT2D eigenvalue weighted by Crippen LogP contribution is -2.42. The highest BCUT2D eigenvalue weighted by Gasteiger charge is 2.24. The summed E-state index contributed by atoms with van der Waals surface area (Å²) in [6.07, 6.45) is 4.56. The minimum atomic E-state index is -0.579. The average molecular weight is 215 g/mol. The van der Waals surface area contributed by atoms with Crippen molar-refractivity contribution in [3.05, 3.63) is 0 Å². The zero-order chi connectivity index (χ0) is 11.3. The number of hydrogen-bond donors (Lipinski definition) is 2. The SMILES string of the molecule is CC(C)CN(CC(O)CO)C1CCCC1. The van der Waals surface area contributed by atoms with Crippen molar-refractivity contribution in [2.75, 3.05) is 19.7 Å². The van der Waals surface area contributed by atoms with E-state index in [0.717, 1.165) is 6.54 Å². The first-order valence-corrected chi connectivity index (χ1v) is 6.16. The first-order chi connectivity index (χ1) is 7.13. The molecule has 3 heteroatoms. The lowest BCUT2D eigenvalue weighted by atomic mass is 10.1. The zero-order valence-corrected chi connectivity index (χ0v) is 10.0. The second kappa shape index (κ2) is 6.46. The molecule has 0 aromatic heterocycles. The maximum atomic E-state index is 9.51. The smallest absolute Gasteiger partial charge is 0.0897 e. The van der Waals surface area contributed by atoms with E-state index in [1.165, 1.54) is 25.7 Å². The van der Waals surface area contributed by atoms with Crippen molar-refractivity contribution in [1.82, 2.24) is 4.90 Å². The largest absolute Gasteiger partial charge is 0.394 e. The van der Waals surface area contributed by atoms with Crippen molar-refractivity contribution in [3.8, 4) is 0 Å². The molecule has 1 aliphatic carbocycles. The summed E-state index contributed by atoms with van der Waals surface area (Å²) in [6, 6.07) is 0.633. The van der Waals surface area contributed by atoms with E-state index in [2.05, 4.69) is 18.7 Å². The minimum Gasteiger partial charge on any atom is -0.394 e. The molecule has 1 fully saturated rings. The van der Waals surface area contributed by atoms with E-state index in [1.807, 2.05) is 0 Å². The molecule has 3 nitrogen and oxygen atoms in total. The van der Waals surface area contributed by atoms with Crippen molar-refractivity contribution in [2.45, 2.75) is 51.7 Å². The van der Waals surface area contributed by atoms with Crippen molar-refractivity contribution < 1.29 is 10.2 Å². The van der Waals surface area contributed by atoms with Crippen LogP contribution in [0.25, 0.3) is 0 Å². The molecule has 0 saturated heterocycles. The van der Waals surface area contributed by atoms with Crippen LogP contribution >= 0.6 is 0 Å². The zero-order valence-electron chi connectivity index (χ0n) is 10.0. The summed E-state index contributed by atoms with van der Waals surface area (Å²) in [7, 11) is 0. The normalized spacial score (nSPS) is 20.4. The van der Waals surface area contributed by atoms with Crippen molar-refractivity contribution in [2.24, 2.45) is 5.92 Å². The molecule has 0 amide bonds.